The van der Waals surface area contributed by atoms with Crippen LogP contribution in [0.3, 0.4) is 0 Å². The maximum atomic E-state index is 9.30. The lowest BCUT2D eigenvalue weighted by atomic mass is 10.1. The number of aromatic nitrogens is 3. The van der Waals surface area contributed by atoms with E-state index in [0.29, 0.717) is 18.0 Å². The average molecular weight is 347 g/mol. The van der Waals surface area contributed by atoms with Crippen molar-refractivity contribution in [3.05, 3.63) is 66.4 Å². The van der Waals surface area contributed by atoms with Crippen molar-refractivity contribution in [3.8, 4) is 28.5 Å². The number of ether oxygens (including phenoxy) is 2. The summed E-state index contributed by atoms with van der Waals surface area (Å²) in [7, 11) is 1.64. The van der Waals surface area contributed by atoms with E-state index in [0.717, 1.165) is 28.1 Å². The van der Waals surface area contributed by atoms with Crippen LogP contribution in [-0.4, -0.2) is 27.4 Å². The van der Waals surface area contributed by atoms with E-state index < -0.39 is 0 Å². The van der Waals surface area contributed by atoms with E-state index in [1.54, 1.807) is 31.4 Å². The molecule has 2 aromatic heterocycles. The molecule has 0 unspecified atom stereocenters. The molecular formula is C20H17N3O3. The van der Waals surface area contributed by atoms with Gasteiger partial charge < -0.3 is 14.6 Å². The van der Waals surface area contributed by atoms with Gasteiger partial charge in [0.05, 0.1) is 12.8 Å². The minimum atomic E-state index is 0.208. The monoisotopic (exact) mass is 347 g/mol. The summed E-state index contributed by atoms with van der Waals surface area (Å²) in [5.74, 6) is 1.66. The van der Waals surface area contributed by atoms with Crippen LogP contribution in [0.15, 0.2) is 60.7 Å². The first-order valence-corrected chi connectivity index (χ1v) is 8.13. The van der Waals surface area contributed by atoms with Gasteiger partial charge >= 0.3 is 0 Å². The van der Waals surface area contributed by atoms with Crippen LogP contribution in [0.2, 0.25) is 0 Å². The second kappa shape index (κ2) is 6.76. The molecule has 0 radical (unpaired) electrons. The molecule has 0 aliphatic rings. The minimum Gasteiger partial charge on any atom is -0.508 e. The molecule has 0 fully saturated rings. The third-order valence-corrected chi connectivity index (χ3v) is 4.05. The van der Waals surface area contributed by atoms with Crippen molar-refractivity contribution < 1.29 is 14.6 Å². The number of nitrogens with zero attached hydrogens (tertiary/aromatic N) is 2. The summed E-state index contributed by atoms with van der Waals surface area (Å²) < 4.78 is 11.0. The van der Waals surface area contributed by atoms with Gasteiger partial charge in [-0.3, -0.25) is 5.10 Å². The van der Waals surface area contributed by atoms with Crippen molar-refractivity contribution in [1.29, 1.82) is 0 Å². The molecule has 2 N–H and O–H groups in total. The van der Waals surface area contributed by atoms with E-state index >= 15 is 0 Å². The predicted molar refractivity (Wildman–Crippen MR) is 98.3 cm³/mol. The summed E-state index contributed by atoms with van der Waals surface area (Å²) in [6.45, 7) is 0.328. The number of fused-ring (bicyclic) bond motifs is 1. The fourth-order valence-corrected chi connectivity index (χ4v) is 2.72. The number of rotatable bonds is 5. The summed E-state index contributed by atoms with van der Waals surface area (Å²) >= 11 is 0. The fraction of sp³-hybridized carbons (Fsp3) is 0.100. The van der Waals surface area contributed by atoms with Crippen LogP contribution >= 0.6 is 0 Å². The maximum absolute atomic E-state index is 9.30. The van der Waals surface area contributed by atoms with Crippen molar-refractivity contribution in [3.63, 3.8) is 0 Å². The first kappa shape index (κ1) is 16.0. The second-order valence-corrected chi connectivity index (χ2v) is 5.79. The van der Waals surface area contributed by atoms with Gasteiger partial charge in [0, 0.05) is 10.9 Å². The molecule has 2 heterocycles. The van der Waals surface area contributed by atoms with Crippen LogP contribution in [0.1, 0.15) is 5.69 Å². The van der Waals surface area contributed by atoms with Gasteiger partial charge in [0.1, 0.15) is 29.5 Å². The topological polar surface area (TPSA) is 80.3 Å². The molecule has 0 amide bonds. The Balaban J connectivity index is 1.57. The fourth-order valence-electron chi connectivity index (χ4n) is 2.72. The second-order valence-electron chi connectivity index (χ2n) is 5.79. The highest BCUT2D eigenvalue weighted by Gasteiger charge is 2.11. The van der Waals surface area contributed by atoms with E-state index in [-0.39, 0.29) is 5.75 Å². The summed E-state index contributed by atoms with van der Waals surface area (Å²) in [4.78, 5) is 4.57. The Morgan fingerprint density at radius 1 is 1.00 bits per heavy atom. The molecule has 26 heavy (non-hydrogen) atoms. The van der Waals surface area contributed by atoms with Gasteiger partial charge in [-0.25, -0.2) is 4.98 Å². The lowest BCUT2D eigenvalue weighted by Gasteiger charge is -2.06. The van der Waals surface area contributed by atoms with Gasteiger partial charge in [0.15, 0.2) is 5.65 Å². The molecule has 6 heteroatoms. The quantitative estimate of drug-likeness (QED) is 0.572. The smallest absolute Gasteiger partial charge is 0.156 e. The van der Waals surface area contributed by atoms with Crippen LogP contribution in [0.25, 0.3) is 22.3 Å². The number of H-pyrrole nitrogens is 1. The number of aromatic hydroxyl groups is 1. The van der Waals surface area contributed by atoms with E-state index in [2.05, 4.69) is 15.2 Å². The molecule has 6 nitrogen and oxygen atoms in total. The number of aromatic amines is 1. The molecule has 0 saturated heterocycles. The standard InChI is InChI=1S/C20H17N3O3/c1-25-17-4-2-3-13(11-17)19-18-10-5-14(21-20(18)23-22-19)12-26-16-8-6-15(24)7-9-16/h2-11,24H,12H2,1H3,(H,21,22,23). The van der Waals surface area contributed by atoms with Gasteiger partial charge in [-0.15, -0.1) is 0 Å². The van der Waals surface area contributed by atoms with E-state index in [4.69, 9.17) is 9.47 Å². The summed E-state index contributed by atoms with van der Waals surface area (Å²) in [6.07, 6.45) is 0. The highest BCUT2D eigenvalue weighted by molar-refractivity contribution is 5.91. The summed E-state index contributed by atoms with van der Waals surface area (Å²) in [6, 6.07) is 18.3. The number of nitrogens with one attached hydrogen (secondary N) is 1. The Morgan fingerprint density at radius 2 is 1.85 bits per heavy atom. The number of benzene rings is 2. The average Bonchev–Trinajstić information content (AvgIpc) is 3.11. The number of phenols is 1. The van der Waals surface area contributed by atoms with Crippen molar-refractivity contribution in [2.75, 3.05) is 7.11 Å². The highest BCUT2D eigenvalue weighted by atomic mass is 16.5. The predicted octanol–water partition coefficient (Wildman–Crippen LogP) is 3.92. The first-order valence-electron chi connectivity index (χ1n) is 8.13. The maximum Gasteiger partial charge on any atom is 0.156 e. The molecule has 4 rings (SSSR count). The Kier molecular flexibility index (Phi) is 4.15. The van der Waals surface area contributed by atoms with E-state index in [1.807, 2.05) is 36.4 Å². The molecule has 2 aromatic carbocycles. The van der Waals surface area contributed by atoms with Gasteiger partial charge in [-0.1, -0.05) is 12.1 Å². The normalized spacial score (nSPS) is 10.8. The van der Waals surface area contributed by atoms with Crippen LogP contribution in [0.4, 0.5) is 0 Å². The lowest BCUT2D eigenvalue weighted by Crippen LogP contribution is -1.98. The minimum absolute atomic E-state index is 0.208. The van der Waals surface area contributed by atoms with Gasteiger partial charge in [0.2, 0.25) is 0 Å². The van der Waals surface area contributed by atoms with Crippen LogP contribution in [0.5, 0.6) is 17.2 Å². The third-order valence-electron chi connectivity index (χ3n) is 4.05. The van der Waals surface area contributed by atoms with Crippen molar-refractivity contribution >= 4 is 11.0 Å². The Bertz CT molecular complexity index is 1040. The van der Waals surface area contributed by atoms with Crippen molar-refractivity contribution in [1.82, 2.24) is 15.2 Å². The van der Waals surface area contributed by atoms with Gasteiger partial charge in [0.25, 0.3) is 0 Å². The van der Waals surface area contributed by atoms with E-state index in [9.17, 15) is 5.11 Å². The Morgan fingerprint density at radius 3 is 2.65 bits per heavy atom. The van der Waals surface area contributed by atoms with Crippen molar-refractivity contribution in [2.24, 2.45) is 0 Å². The molecule has 0 saturated carbocycles. The molecule has 0 atom stereocenters. The summed E-state index contributed by atoms with van der Waals surface area (Å²) in [5, 5.41) is 17.6. The van der Waals surface area contributed by atoms with Gasteiger partial charge in [-0.05, 0) is 48.5 Å². The molecule has 0 spiro atoms. The molecule has 0 aliphatic carbocycles. The van der Waals surface area contributed by atoms with Crippen molar-refractivity contribution in [2.45, 2.75) is 6.61 Å². The number of hydrogen-bond donors (Lipinski definition) is 2. The Labute approximate surface area is 150 Å². The number of hydrogen-bond acceptors (Lipinski definition) is 5. The number of pyridine rings is 1. The number of methoxy groups -OCH3 is 1. The zero-order chi connectivity index (χ0) is 17.9. The SMILES string of the molecule is COc1cccc(-c2n[nH]c3nc(COc4ccc(O)cc4)ccc23)c1. The lowest BCUT2D eigenvalue weighted by molar-refractivity contribution is 0.301. The Hall–Kier alpha value is -3.54. The number of phenolic OH excluding ortho intramolecular Hbond substituents is 1. The highest BCUT2D eigenvalue weighted by Crippen LogP contribution is 2.28. The molecule has 130 valence electrons. The molecular weight excluding hydrogens is 330 g/mol. The van der Waals surface area contributed by atoms with Crippen LogP contribution in [-0.2, 0) is 6.61 Å². The van der Waals surface area contributed by atoms with Crippen LogP contribution in [0, 0.1) is 0 Å². The van der Waals surface area contributed by atoms with E-state index in [1.165, 1.54) is 0 Å². The first-order chi connectivity index (χ1) is 12.7. The third kappa shape index (κ3) is 3.17. The largest absolute Gasteiger partial charge is 0.508 e. The molecule has 4 aromatic rings. The van der Waals surface area contributed by atoms with Crippen LogP contribution < -0.4 is 9.47 Å². The molecule has 0 aliphatic heterocycles. The van der Waals surface area contributed by atoms with Gasteiger partial charge in [-0.2, -0.15) is 5.10 Å². The summed E-state index contributed by atoms with van der Waals surface area (Å²) in [5.41, 5.74) is 3.28. The zero-order valence-electron chi connectivity index (χ0n) is 14.1. The zero-order valence-corrected chi connectivity index (χ0v) is 14.1. The molecule has 0 bridgehead atoms.